The molecule has 6 rings (SSSR count). The van der Waals surface area contributed by atoms with Crippen LogP contribution in [0.15, 0.2) is 65.1 Å². The van der Waals surface area contributed by atoms with Crippen LogP contribution in [0.3, 0.4) is 0 Å². The van der Waals surface area contributed by atoms with Crippen LogP contribution >= 0.6 is 0 Å². The van der Waals surface area contributed by atoms with Crippen molar-refractivity contribution in [1.82, 2.24) is 5.32 Å². The van der Waals surface area contributed by atoms with Gasteiger partial charge < -0.3 is 14.8 Å². The smallest absolute Gasteiger partial charge is 0.176 e. The van der Waals surface area contributed by atoms with Crippen molar-refractivity contribution in [2.75, 3.05) is 0 Å². The van der Waals surface area contributed by atoms with E-state index >= 15 is 0 Å². The minimum Gasteiger partial charge on any atom is -0.460 e. The Labute approximate surface area is 109 Å². The predicted octanol–water partition coefficient (Wildman–Crippen LogP) is 2.38. The van der Waals surface area contributed by atoms with Gasteiger partial charge in [-0.25, -0.2) is 0 Å². The second-order valence-corrected chi connectivity index (χ2v) is 5.51. The van der Waals surface area contributed by atoms with E-state index in [1.54, 1.807) is 0 Å². The fourth-order valence-electron chi connectivity index (χ4n) is 3.92. The average Bonchev–Trinajstić information content (AvgIpc) is 3.10. The van der Waals surface area contributed by atoms with Gasteiger partial charge in [-0.2, -0.15) is 0 Å². The maximum Gasteiger partial charge on any atom is 0.176 e. The SMILES string of the molecule is C1=CC23C4=CC5=C(O5)C2=C(Cc2cccc(c23)O4)N1. The lowest BCUT2D eigenvalue weighted by molar-refractivity contribution is 0.410. The first-order chi connectivity index (χ1) is 9.38. The summed E-state index contributed by atoms with van der Waals surface area (Å²) in [6.45, 7) is 0. The molecule has 0 amide bonds. The highest BCUT2D eigenvalue weighted by atomic mass is 16.6. The van der Waals surface area contributed by atoms with E-state index in [-0.39, 0.29) is 5.41 Å². The molecular formula is C16H9NO2. The molecular weight excluding hydrogens is 238 g/mol. The van der Waals surface area contributed by atoms with Crippen molar-refractivity contribution in [2.45, 2.75) is 11.8 Å². The third kappa shape index (κ3) is 0.734. The van der Waals surface area contributed by atoms with Gasteiger partial charge in [0.15, 0.2) is 11.5 Å². The van der Waals surface area contributed by atoms with Gasteiger partial charge in [0.2, 0.25) is 0 Å². The molecule has 3 heterocycles. The summed E-state index contributed by atoms with van der Waals surface area (Å²) in [5.41, 5.74) is 4.93. The molecule has 2 aliphatic carbocycles. The van der Waals surface area contributed by atoms with Crippen LogP contribution in [0.5, 0.6) is 5.75 Å². The summed E-state index contributed by atoms with van der Waals surface area (Å²) in [5.74, 6) is 3.98. The minimum absolute atomic E-state index is 0.236. The van der Waals surface area contributed by atoms with E-state index in [2.05, 4.69) is 29.6 Å². The highest BCUT2D eigenvalue weighted by molar-refractivity contribution is 5.76. The number of dihydropyridines is 1. The first kappa shape index (κ1) is 8.64. The largest absolute Gasteiger partial charge is 0.460 e. The standard InChI is InChI=1S/C16H9NO2/c1-2-8-6-9-14-15-11(19-15)7-12-16(14,4-5-17-9)13(8)10(3-1)18-12/h1-5,7,17H,6H2. The van der Waals surface area contributed by atoms with Crippen molar-refractivity contribution in [3.05, 3.63) is 76.2 Å². The van der Waals surface area contributed by atoms with Crippen molar-refractivity contribution in [3.8, 4) is 5.75 Å². The van der Waals surface area contributed by atoms with Gasteiger partial charge in [-0.1, -0.05) is 12.1 Å². The molecule has 1 atom stereocenters. The summed E-state index contributed by atoms with van der Waals surface area (Å²) in [6, 6.07) is 6.33. The fraction of sp³-hybridized carbons (Fsp3) is 0.125. The van der Waals surface area contributed by atoms with Gasteiger partial charge in [0.05, 0.1) is 0 Å². The summed E-state index contributed by atoms with van der Waals surface area (Å²) >= 11 is 0. The first-order valence-corrected chi connectivity index (χ1v) is 6.51. The molecule has 3 heteroatoms. The third-order valence-electron chi connectivity index (χ3n) is 4.65. The fourth-order valence-corrected chi connectivity index (χ4v) is 3.92. The molecule has 0 aromatic heterocycles. The van der Waals surface area contributed by atoms with Crippen molar-refractivity contribution < 1.29 is 9.47 Å². The molecule has 0 saturated heterocycles. The Balaban J connectivity index is 1.84. The van der Waals surface area contributed by atoms with Crippen LogP contribution in [0.25, 0.3) is 0 Å². The van der Waals surface area contributed by atoms with Gasteiger partial charge in [0.1, 0.15) is 16.9 Å². The van der Waals surface area contributed by atoms with E-state index in [1.165, 1.54) is 22.4 Å². The van der Waals surface area contributed by atoms with Crippen molar-refractivity contribution in [2.24, 2.45) is 0 Å². The summed E-state index contributed by atoms with van der Waals surface area (Å²) in [4.78, 5) is 0. The maximum atomic E-state index is 6.11. The zero-order chi connectivity index (χ0) is 12.2. The quantitative estimate of drug-likeness (QED) is 0.764. The Morgan fingerprint density at radius 2 is 2.21 bits per heavy atom. The lowest BCUT2D eigenvalue weighted by Gasteiger charge is -2.37. The predicted molar refractivity (Wildman–Crippen MR) is 67.9 cm³/mol. The lowest BCUT2D eigenvalue weighted by atomic mass is 9.64. The second-order valence-electron chi connectivity index (χ2n) is 5.51. The van der Waals surface area contributed by atoms with Crippen molar-refractivity contribution in [1.29, 1.82) is 0 Å². The van der Waals surface area contributed by atoms with Gasteiger partial charge in [0, 0.05) is 29.3 Å². The van der Waals surface area contributed by atoms with Gasteiger partial charge in [-0.15, -0.1) is 0 Å². The number of hydrogen-bond donors (Lipinski definition) is 1. The monoisotopic (exact) mass is 247 g/mol. The highest BCUT2D eigenvalue weighted by Crippen LogP contribution is 2.63. The summed E-state index contributed by atoms with van der Waals surface area (Å²) in [6.07, 6.45) is 7.20. The van der Waals surface area contributed by atoms with Crippen LogP contribution in [-0.2, 0) is 16.6 Å². The molecule has 1 spiro atoms. The van der Waals surface area contributed by atoms with Gasteiger partial charge in [-0.3, -0.25) is 0 Å². The van der Waals surface area contributed by atoms with Gasteiger partial charge in [0.25, 0.3) is 0 Å². The van der Waals surface area contributed by atoms with E-state index in [1.807, 2.05) is 12.3 Å². The van der Waals surface area contributed by atoms with Crippen LogP contribution in [0.2, 0.25) is 0 Å². The summed E-state index contributed by atoms with van der Waals surface area (Å²) in [7, 11) is 0. The van der Waals surface area contributed by atoms with Crippen molar-refractivity contribution >= 4 is 0 Å². The van der Waals surface area contributed by atoms with E-state index < -0.39 is 0 Å². The van der Waals surface area contributed by atoms with E-state index in [9.17, 15) is 0 Å². The molecule has 1 aromatic rings. The molecule has 3 aliphatic heterocycles. The van der Waals surface area contributed by atoms with Gasteiger partial charge >= 0.3 is 0 Å². The van der Waals surface area contributed by atoms with Crippen molar-refractivity contribution in [3.63, 3.8) is 0 Å². The third-order valence-corrected chi connectivity index (χ3v) is 4.65. The molecule has 3 nitrogen and oxygen atoms in total. The average molecular weight is 247 g/mol. The minimum atomic E-state index is -0.236. The number of rotatable bonds is 0. The molecule has 19 heavy (non-hydrogen) atoms. The molecule has 1 unspecified atom stereocenters. The van der Waals surface area contributed by atoms with Crippen LogP contribution < -0.4 is 10.1 Å². The maximum absolute atomic E-state index is 6.11. The number of allylic oxidation sites excluding steroid dienone is 4. The van der Waals surface area contributed by atoms with Gasteiger partial charge in [-0.05, 0) is 23.9 Å². The molecule has 5 aliphatic rings. The normalized spacial score (nSPS) is 30.0. The summed E-state index contributed by atoms with van der Waals surface area (Å²) in [5, 5.41) is 3.39. The molecule has 0 radical (unpaired) electrons. The summed E-state index contributed by atoms with van der Waals surface area (Å²) < 4.78 is 11.7. The highest BCUT2D eigenvalue weighted by Gasteiger charge is 2.59. The van der Waals surface area contributed by atoms with Crippen LogP contribution in [0.4, 0.5) is 0 Å². The lowest BCUT2D eigenvalue weighted by Crippen LogP contribution is -2.38. The molecule has 1 N–H and O–H groups in total. The van der Waals surface area contributed by atoms with Crippen LogP contribution in [0.1, 0.15) is 11.1 Å². The Kier molecular flexibility index (Phi) is 1.07. The topological polar surface area (TPSA) is 33.8 Å². The molecule has 0 fully saturated rings. The van der Waals surface area contributed by atoms with E-state index in [0.717, 1.165) is 29.4 Å². The molecule has 0 saturated carbocycles. The zero-order valence-corrected chi connectivity index (χ0v) is 9.99. The van der Waals surface area contributed by atoms with E-state index in [4.69, 9.17) is 9.47 Å². The number of nitrogens with one attached hydrogen (secondary N) is 1. The Bertz CT molecular complexity index is 825. The Morgan fingerprint density at radius 3 is 3.21 bits per heavy atom. The van der Waals surface area contributed by atoms with Crippen LogP contribution in [-0.4, -0.2) is 0 Å². The molecule has 1 aromatic carbocycles. The Morgan fingerprint density at radius 1 is 1.21 bits per heavy atom. The number of benzene rings is 1. The zero-order valence-electron chi connectivity index (χ0n) is 9.99. The second kappa shape index (κ2) is 2.35. The van der Waals surface area contributed by atoms with Crippen LogP contribution in [0, 0.1) is 0 Å². The number of ether oxygens (including phenoxy) is 2. The number of hydrogen-bond acceptors (Lipinski definition) is 3. The first-order valence-electron chi connectivity index (χ1n) is 6.51. The molecule has 2 bridgehead atoms. The Hall–Kier alpha value is -2.42. The van der Waals surface area contributed by atoms with E-state index in [0.29, 0.717) is 0 Å². The molecule has 90 valence electrons.